The first-order valence-corrected chi connectivity index (χ1v) is 4.82. The maximum absolute atomic E-state index is 8.73. The lowest BCUT2D eigenvalue weighted by Gasteiger charge is -2.00. The Morgan fingerprint density at radius 2 is 2.13 bits per heavy atom. The van der Waals surface area contributed by atoms with Crippen LogP contribution in [0.2, 0.25) is 5.15 Å². The van der Waals surface area contributed by atoms with Gasteiger partial charge in [-0.25, -0.2) is 4.98 Å². The number of nitrogens with zero attached hydrogens (tertiary/aromatic N) is 2. The van der Waals surface area contributed by atoms with Gasteiger partial charge in [0.05, 0.1) is 0 Å². The van der Waals surface area contributed by atoms with E-state index in [1.807, 2.05) is 37.3 Å². The molecule has 15 heavy (non-hydrogen) atoms. The van der Waals surface area contributed by atoms with Crippen molar-refractivity contribution in [1.82, 2.24) is 9.97 Å². The van der Waals surface area contributed by atoms with Crippen molar-refractivity contribution in [1.29, 1.82) is 5.26 Å². The molecule has 0 atom stereocenters. The van der Waals surface area contributed by atoms with Gasteiger partial charge in [-0.3, -0.25) is 0 Å². The molecule has 0 amide bonds. The Labute approximate surface area is 92.3 Å². The Morgan fingerprint density at radius 1 is 1.40 bits per heavy atom. The summed E-state index contributed by atoms with van der Waals surface area (Å²) in [5.41, 5.74) is 2.28. The molecular weight excluding hydrogens is 210 g/mol. The van der Waals surface area contributed by atoms with Crippen molar-refractivity contribution in [2.24, 2.45) is 0 Å². The summed E-state index contributed by atoms with van der Waals surface area (Å²) in [6, 6.07) is 9.73. The van der Waals surface area contributed by atoms with Gasteiger partial charge in [0, 0.05) is 5.56 Å². The minimum Gasteiger partial charge on any atom is -0.328 e. The van der Waals surface area contributed by atoms with Crippen molar-refractivity contribution in [3.63, 3.8) is 0 Å². The number of hydrogen-bond donors (Lipinski definition) is 1. The van der Waals surface area contributed by atoms with Crippen LogP contribution in [-0.4, -0.2) is 9.97 Å². The maximum atomic E-state index is 8.73. The predicted octanol–water partition coefficient (Wildman–Crippen LogP) is 2.91. The van der Waals surface area contributed by atoms with Crippen LogP contribution < -0.4 is 0 Å². The highest BCUT2D eigenvalue weighted by Crippen LogP contribution is 2.23. The Balaban J connectivity index is 2.56. The van der Waals surface area contributed by atoms with Gasteiger partial charge < -0.3 is 4.98 Å². The number of nitriles is 1. The van der Waals surface area contributed by atoms with E-state index in [1.54, 1.807) is 0 Å². The molecule has 4 heteroatoms. The summed E-state index contributed by atoms with van der Waals surface area (Å²) in [5, 5.41) is 9.02. The van der Waals surface area contributed by atoms with Gasteiger partial charge in [-0.05, 0) is 12.5 Å². The largest absolute Gasteiger partial charge is 0.328 e. The number of aryl methyl sites for hydroxylation is 1. The van der Waals surface area contributed by atoms with E-state index in [0.29, 0.717) is 5.82 Å². The Bertz CT molecular complexity index is 537. The molecule has 74 valence electrons. The molecular formula is C11H8ClN3. The standard InChI is InChI=1S/C11H8ClN3/c1-7-4-2-3-5-8(7)11-14-9(6-13)10(12)15-11/h2-5H,1H3,(H,14,15). The Hall–Kier alpha value is -1.79. The fourth-order valence-electron chi connectivity index (χ4n) is 1.39. The molecule has 0 bridgehead atoms. The fourth-order valence-corrected chi connectivity index (χ4v) is 1.57. The summed E-state index contributed by atoms with van der Waals surface area (Å²) in [4.78, 5) is 7.00. The predicted molar refractivity (Wildman–Crippen MR) is 58.5 cm³/mol. The van der Waals surface area contributed by atoms with Gasteiger partial charge in [0.2, 0.25) is 0 Å². The van der Waals surface area contributed by atoms with Gasteiger partial charge in [-0.1, -0.05) is 35.9 Å². The van der Waals surface area contributed by atoms with Crippen LogP contribution in [0.3, 0.4) is 0 Å². The van der Waals surface area contributed by atoms with Gasteiger partial charge in [0.25, 0.3) is 0 Å². The highest BCUT2D eigenvalue weighted by Gasteiger charge is 2.10. The topological polar surface area (TPSA) is 52.5 Å². The lowest BCUT2D eigenvalue weighted by Crippen LogP contribution is -1.84. The number of benzene rings is 1. The minimum absolute atomic E-state index is 0.231. The average Bonchev–Trinajstić information content (AvgIpc) is 2.60. The monoisotopic (exact) mass is 217 g/mol. The molecule has 1 N–H and O–H groups in total. The number of hydrogen-bond acceptors (Lipinski definition) is 2. The van der Waals surface area contributed by atoms with Crippen molar-refractivity contribution in [2.75, 3.05) is 0 Å². The van der Waals surface area contributed by atoms with Crippen LogP contribution >= 0.6 is 11.6 Å². The molecule has 0 unspecified atom stereocenters. The van der Waals surface area contributed by atoms with Crippen LogP contribution in [0.1, 0.15) is 11.3 Å². The summed E-state index contributed by atoms with van der Waals surface area (Å²) in [6.45, 7) is 1.98. The van der Waals surface area contributed by atoms with Gasteiger partial charge in [0.1, 0.15) is 17.0 Å². The number of nitrogens with one attached hydrogen (secondary N) is 1. The number of rotatable bonds is 1. The molecule has 0 saturated carbocycles. The molecule has 0 saturated heterocycles. The highest BCUT2D eigenvalue weighted by molar-refractivity contribution is 6.30. The second-order valence-electron chi connectivity index (χ2n) is 3.17. The molecule has 0 aliphatic carbocycles. The molecule has 3 nitrogen and oxygen atoms in total. The quantitative estimate of drug-likeness (QED) is 0.799. The molecule has 0 fully saturated rings. The lowest BCUT2D eigenvalue weighted by molar-refractivity contribution is 1.27. The minimum atomic E-state index is 0.231. The third-order valence-corrected chi connectivity index (χ3v) is 2.44. The van der Waals surface area contributed by atoms with Crippen molar-refractivity contribution in [3.8, 4) is 17.5 Å². The van der Waals surface area contributed by atoms with E-state index in [0.717, 1.165) is 11.1 Å². The van der Waals surface area contributed by atoms with Crippen molar-refractivity contribution >= 4 is 11.6 Å². The second-order valence-corrected chi connectivity index (χ2v) is 3.55. The van der Waals surface area contributed by atoms with Crippen LogP contribution in [0.4, 0.5) is 0 Å². The zero-order valence-corrected chi connectivity index (χ0v) is 8.84. The fraction of sp³-hybridized carbons (Fsp3) is 0.0909. The first kappa shape index (κ1) is 9.75. The molecule has 0 radical (unpaired) electrons. The summed E-state index contributed by atoms with van der Waals surface area (Å²) in [6.07, 6.45) is 0. The summed E-state index contributed by atoms with van der Waals surface area (Å²) < 4.78 is 0. The van der Waals surface area contributed by atoms with Crippen LogP contribution in [0.15, 0.2) is 24.3 Å². The third-order valence-electron chi connectivity index (χ3n) is 2.17. The van der Waals surface area contributed by atoms with E-state index in [9.17, 15) is 0 Å². The van der Waals surface area contributed by atoms with E-state index < -0.39 is 0 Å². The third kappa shape index (κ3) is 1.72. The zero-order valence-electron chi connectivity index (χ0n) is 8.08. The first-order chi connectivity index (χ1) is 7.22. The zero-order chi connectivity index (χ0) is 10.8. The Morgan fingerprint density at radius 3 is 2.73 bits per heavy atom. The molecule has 1 aromatic heterocycles. The van der Waals surface area contributed by atoms with E-state index >= 15 is 0 Å². The van der Waals surface area contributed by atoms with Crippen LogP contribution in [0.5, 0.6) is 0 Å². The molecule has 2 rings (SSSR count). The normalized spacial score (nSPS) is 9.93. The van der Waals surface area contributed by atoms with Crippen LogP contribution in [0.25, 0.3) is 11.4 Å². The number of H-pyrrole nitrogens is 1. The van der Waals surface area contributed by atoms with E-state index in [2.05, 4.69) is 9.97 Å². The molecule has 0 aliphatic rings. The molecule has 1 heterocycles. The molecule has 1 aromatic carbocycles. The van der Waals surface area contributed by atoms with Crippen molar-refractivity contribution in [3.05, 3.63) is 40.7 Å². The first-order valence-electron chi connectivity index (χ1n) is 4.44. The van der Waals surface area contributed by atoms with E-state index in [-0.39, 0.29) is 10.8 Å². The SMILES string of the molecule is Cc1ccccc1-c1nc(C#N)c(Cl)[nH]1. The number of aromatic amines is 1. The number of imidazole rings is 1. The number of aromatic nitrogens is 2. The summed E-state index contributed by atoms with van der Waals surface area (Å²) in [7, 11) is 0. The second kappa shape index (κ2) is 3.76. The summed E-state index contributed by atoms with van der Waals surface area (Å²) >= 11 is 5.81. The Kier molecular flexibility index (Phi) is 2.44. The van der Waals surface area contributed by atoms with Gasteiger partial charge >= 0.3 is 0 Å². The summed E-state index contributed by atoms with van der Waals surface area (Å²) in [5.74, 6) is 0.634. The van der Waals surface area contributed by atoms with Gasteiger partial charge in [-0.15, -0.1) is 0 Å². The molecule has 0 aliphatic heterocycles. The smallest absolute Gasteiger partial charge is 0.178 e. The molecule has 2 aromatic rings. The lowest BCUT2D eigenvalue weighted by atomic mass is 10.1. The van der Waals surface area contributed by atoms with Crippen LogP contribution in [-0.2, 0) is 0 Å². The number of halogens is 1. The van der Waals surface area contributed by atoms with Gasteiger partial charge in [0.15, 0.2) is 5.69 Å². The maximum Gasteiger partial charge on any atom is 0.178 e. The van der Waals surface area contributed by atoms with Gasteiger partial charge in [-0.2, -0.15) is 5.26 Å². The van der Waals surface area contributed by atoms with E-state index in [1.165, 1.54) is 0 Å². The van der Waals surface area contributed by atoms with Crippen molar-refractivity contribution < 1.29 is 0 Å². The molecule has 0 spiro atoms. The van der Waals surface area contributed by atoms with E-state index in [4.69, 9.17) is 16.9 Å². The average molecular weight is 218 g/mol. The van der Waals surface area contributed by atoms with Crippen molar-refractivity contribution in [2.45, 2.75) is 6.92 Å². The van der Waals surface area contributed by atoms with Crippen LogP contribution in [0, 0.1) is 18.3 Å². The highest BCUT2D eigenvalue weighted by atomic mass is 35.5.